The summed E-state index contributed by atoms with van der Waals surface area (Å²) in [5, 5.41) is 1.29. The lowest BCUT2D eigenvalue weighted by molar-refractivity contribution is -0.111. The van der Waals surface area contributed by atoms with Crippen LogP contribution in [-0.4, -0.2) is 67.5 Å². The lowest BCUT2D eigenvalue weighted by atomic mass is 10.2. The summed E-state index contributed by atoms with van der Waals surface area (Å²) in [5.74, 6) is -0.734. The van der Waals surface area contributed by atoms with E-state index < -0.39 is 18.0 Å². The van der Waals surface area contributed by atoms with Gasteiger partial charge >= 0.3 is 6.09 Å². The quantitative estimate of drug-likeness (QED) is 0.805. The molecule has 2 saturated heterocycles. The zero-order chi connectivity index (χ0) is 21.1. The van der Waals surface area contributed by atoms with E-state index in [0.29, 0.717) is 30.0 Å². The van der Waals surface area contributed by atoms with Crippen LogP contribution in [0.15, 0.2) is 42.7 Å². The minimum absolute atomic E-state index is 0.214. The van der Waals surface area contributed by atoms with Gasteiger partial charge in [0.1, 0.15) is 11.9 Å². The number of benzene rings is 1. The Labute approximate surface area is 172 Å². The van der Waals surface area contributed by atoms with E-state index in [0.717, 1.165) is 0 Å². The largest absolute Gasteiger partial charge is 0.443 e. The maximum absolute atomic E-state index is 14.9. The molecule has 30 heavy (non-hydrogen) atoms. The molecule has 9 nitrogen and oxygen atoms in total. The number of amides is 2. The smallest absolute Gasteiger partial charge is 0.414 e. The van der Waals surface area contributed by atoms with Crippen molar-refractivity contribution < 1.29 is 23.6 Å². The van der Waals surface area contributed by atoms with E-state index in [1.165, 1.54) is 16.0 Å². The van der Waals surface area contributed by atoms with Gasteiger partial charge in [-0.05, 0) is 30.3 Å². The average molecular weight is 415 g/mol. The van der Waals surface area contributed by atoms with Gasteiger partial charge in [-0.3, -0.25) is 19.5 Å². The number of hydroxylamine groups is 2. The summed E-state index contributed by atoms with van der Waals surface area (Å²) >= 11 is 0. The second-order valence-electron chi connectivity index (χ2n) is 6.95. The van der Waals surface area contributed by atoms with Crippen molar-refractivity contribution in [3.05, 3.63) is 54.1 Å². The van der Waals surface area contributed by atoms with Crippen LogP contribution >= 0.6 is 0 Å². The Morgan fingerprint density at radius 2 is 2.00 bits per heavy atom. The van der Waals surface area contributed by atoms with Crippen LogP contribution < -0.4 is 15.5 Å². The number of carbonyl (C=O) groups excluding carboxylic acids is 2. The molecule has 2 amide bonds. The monoisotopic (exact) mass is 415 g/mol. The lowest BCUT2D eigenvalue weighted by Crippen LogP contribution is -2.34. The molecule has 2 aromatic rings. The van der Waals surface area contributed by atoms with Crippen LogP contribution in [0.2, 0.25) is 0 Å². The van der Waals surface area contributed by atoms with E-state index in [4.69, 9.17) is 15.3 Å². The molecule has 0 saturated carbocycles. The maximum atomic E-state index is 14.9. The van der Waals surface area contributed by atoms with Crippen LogP contribution in [0, 0.1) is 5.82 Å². The van der Waals surface area contributed by atoms with Crippen LogP contribution in [-0.2, 0) is 9.57 Å². The highest BCUT2D eigenvalue weighted by atomic mass is 19.1. The van der Waals surface area contributed by atoms with Gasteiger partial charge in [-0.2, -0.15) is 0 Å². The molecular formula is C20H22FN5O4. The Balaban J connectivity index is 1.44. The van der Waals surface area contributed by atoms with Gasteiger partial charge in [0.25, 0.3) is 5.91 Å². The molecular weight excluding hydrogens is 393 g/mol. The number of hydrogen-bond donors (Lipinski definition) is 1. The molecule has 0 spiro atoms. The highest BCUT2D eigenvalue weighted by Gasteiger charge is 2.32. The van der Waals surface area contributed by atoms with E-state index >= 15 is 0 Å². The van der Waals surface area contributed by atoms with Gasteiger partial charge in [-0.25, -0.2) is 14.2 Å². The second-order valence-corrected chi connectivity index (χ2v) is 6.95. The summed E-state index contributed by atoms with van der Waals surface area (Å²) in [6.07, 6.45) is 2.15. The van der Waals surface area contributed by atoms with Crippen molar-refractivity contribution >= 4 is 23.4 Å². The Hall–Kier alpha value is -3.24. The van der Waals surface area contributed by atoms with E-state index in [1.54, 1.807) is 36.7 Å². The fraction of sp³-hybridized carbons (Fsp3) is 0.350. The topological polar surface area (TPSA) is 101 Å². The predicted octanol–water partition coefficient (Wildman–Crippen LogP) is 1.40. The molecule has 158 valence electrons. The van der Waals surface area contributed by atoms with Crippen LogP contribution in [0.4, 0.5) is 20.6 Å². The number of pyridine rings is 1. The number of aromatic nitrogens is 1. The molecule has 3 heterocycles. The van der Waals surface area contributed by atoms with E-state index in [1.807, 2.05) is 4.90 Å². The molecule has 2 fully saturated rings. The molecule has 0 radical (unpaired) electrons. The van der Waals surface area contributed by atoms with Crippen molar-refractivity contribution in [1.82, 2.24) is 10.0 Å². The highest BCUT2D eigenvalue weighted by molar-refractivity contribution is 5.93. The molecule has 0 unspecified atom stereocenters. The van der Waals surface area contributed by atoms with Gasteiger partial charge in [0.15, 0.2) is 0 Å². The number of carbonyl (C=O) groups is 2. The average Bonchev–Trinajstić information content (AvgIpc) is 2.98. The van der Waals surface area contributed by atoms with Crippen LogP contribution in [0.3, 0.4) is 0 Å². The number of hydrogen-bond acceptors (Lipinski definition) is 7. The molecule has 10 heteroatoms. The standard InChI is InChI=1S/C20H22FN5O4/c21-17-11-15(25-13-16(12-22)30-20(25)28)1-2-18(17)24-7-8-26(29-10-9-24)19(27)14-3-5-23-6-4-14/h1-6,11,16H,7-10,12-13,22H2/t16-/m0/s1. The summed E-state index contributed by atoms with van der Waals surface area (Å²) in [4.78, 5) is 37.2. The van der Waals surface area contributed by atoms with Crippen LogP contribution in [0.1, 0.15) is 10.4 Å². The molecule has 1 atom stereocenters. The van der Waals surface area contributed by atoms with Crippen molar-refractivity contribution in [1.29, 1.82) is 0 Å². The number of anilines is 2. The molecule has 0 bridgehead atoms. The Morgan fingerprint density at radius 1 is 1.20 bits per heavy atom. The minimum Gasteiger partial charge on any atom is -0.443 e. The number of nitrogens with two attached hydrogens (primary N) is 1. The van der Waals surface area contributed by atoms with Crippen molar-refractivity contribution in [2.75, 3.05) is 49.1 Å². The maximum Gasteiger partial charge on any atom is 0.414 e. The van der Waals surface area contributed by atoms with Gasteiger partial charge < -0.3 is 15.4 Å². The Bertz CT molecular complexity index is 929. The predicted molar refractivity (Wildman–Crippen MR) is 107 cm³/mol. The van der Waals surface area contributed by atoms with Crippen molar-refractivity contribution in [3.8, 4) is 0 Å². The van der Waals surface area contributed by atoms with Crippen molar-refractivity contribution in [2.45, 2.75) is 6.10 Å². The SMILES string of the molecule is NC[C@H]1CN(c2ccc(N3CCON(C(=O)c4ccncc4)CC3)c(F)c2)C(=O)O1. The van der Waals surface area contributed by atoms with E-state index in [9.17, 15) is 14.0 Å². The third-order valence-corrected chi connectivity index (χ3v) is 5.06. The Morgan fingerprint density at radius 3 is 2.70 bits per heavy atom. The summed E-state index contributed by atoms with van der Waals surface area (Å²) in [7, 11) is 0. The molecule has 4 rings (SSSR count). The van der Waals surface area contributed by atoms with Gasteiger partial charge in [-0.15, -0.1) is 0 Å². The normalized spacial score (nSPS) is 19.6. The first-order valence-corrected chi connectivity index (χ1v) is 9.64. The number of nitrogens with zero attached hydrogens (tertiary/aromatic N) is 4. The number of cyclic esters (lactones) is 1. The minimum atomic E-state index is -0.536. The van der Waals surface area contributed by atoms with Crippen molar-refractivity contribution in [3.63, 3.8) is 0 Å². The first-order chi connectivity index (χ1) is 14.6. The summed E-state index contributed by atoms with van der Waals surface area (Å²) in [6.45, 7) is 1.82. The van der Waals surface area contributed by atoms with Gasteiger partial charge in [0.05, 0.1) is 31.1 Å². The third kappa shape index (κ3) is 4.05. The zero-order valence-electron chi connectivity index (χ0n) is 16.2. The molecule has 2 aliphatic heterocycles. The lowest BCUT2D eigenvalue weighted by Gasteiger charge is -2.24. The van der Waals surface area contributed by atoms with Gasteiger partial charge in [0, 0.05) is 37.6 Å². The van der Waals surface area contributed by atoms with Crippen LogP contribution in [0.5, 0.6) is 0 Å². The van der Waals surface area contributed by atoms with Crippen LogP contribution in [0.25, 0.3) is 0 Å². The summed E-state index contributed by atoms with van der Waals surface area (Å²) in [6, 6.07) is 7.83. The summed E-state index contributed by atoms with van der Waals surface area (Å²) < 4.78 is 20.0. The molecule has 0 aliphatic carbocycles. The molecule has 1 aromatic carbocycles. The first-order valence-electron chi connectivity index (χ1n) is 9.64. The zero-order valence-corrected chi connectivity index (χ0v) is 16.2. The third-order valence-electron chi connectivity index (χ3n) is 5.06. The first kappa shape index (κ1) is 20.0. The molecule has 1 aromatic heterocycles. The van der Waals surface area contributed by atoms with E-state index in [-0.39, 0.29) is 32.1 Å². The fourth-order valence-corrected chi connectivity index (χ4v) is 3.46. The molecule has 2 aliphatic rings. The van der Waals surface area contributed by atoms with E-state index in [2.05, 4.69) is 4.98 Å². The van der Waals surface area contributed by atoms with Gasteiger partial charge in [0.2, 0.25) is 0 Å². The number of ether oxygens (including phenoxy) is 1. The number of halogens is 1. The van der Waals surface area contributed by atoms with Crippen molar-refractivity contribution in [2.24, 2.45) is 5.73 Å². The van der Waals surface area contributed by atoms with Gasteiger partial charge in [-0.1, -0.05) is 0 Å². The highest BCUT2D eigenvalue weighted by Crippen LogP contribution is 2.28. The fourth-order valence-electron chi connectivity index (χ4n) is 3.46. The molecule has 2 N–H and O–H groups in total. The Kier molecular flexibility index (Phi) is 5.77. The second kappa shape index (κ2) is 8.64. The summed E-state index contributed by atoms with van der Waals surface area (Å²) in [5.41, 5.74) is 6.81. The number of rotatable bonds is 4.